The maximum Gasteiger partial charge on any atom is 0.417 e. The molecule has 0 saturated carbocycles. The maximum absolute atomic E-state index is 13.4. The van der Waals surface area contributed by atoms with Crippen molar-refractivity contribution in [1.82, 2.24) is 24.6 Å². The smallest absolute Gasteiger partial charge is 0.348 e. The van der Waals surface area contributed by atoms with Crippen LogP contribution in [0.3, 0.4) is 0 Å². The third-order valence-electron chi connectivity index (χ3n) is 5.36. The standard InChI is InChI=1S/C20H15F5N6/c21-19(22)12-2-1-6-31-15(12)8-14(29-31)18-17-13(27-10-28-17)5-7-30(18)16-4-3-11(9-26-16)20(23,24)25/h1-4,6,8-10,18-19H,5,7H2,(H,27,28)/t18-/m0/s1. The van der Waals surface area contributed by atoms with Gasteiger partial charge in [0.2, 0.25) is 0 Å². The number of alkyl halides is 5. The molecule has 0 spiro atoms. The molecule has 1 N–H and O–H groups in total. The van der Waals surface area contributed by atoms with Crippen LogP contribution >= 0.6 is 0 Å². The fourth-order valence-electron chi connectivity index (χ4n) is 3.92. The minimum absolute atomic E-state index is 0.154. The number of hydrogen-bond donors (Lipinski definition) is 1. The summed E-state index contributed by atoms with van der Waals surface area (Å²) < 4.78 is 67.1. The van der Waals surface area contributed by atoms with Gasteiger partial charge >= 0.3 is 6.18 Å². The zero-order chi connectivity index (χ0) is 21.8. The minimum atomic E-state index is -4.49. The van der Waals surface area contributed by atoms with Gasteiger partial charge in [0.1, 0.15) is 11.9 Å². The van der Waals surface area contributed by atoms with Crippen LogP contribution in [0.15, 0.2) is 49.1 Å². The Kier molecular flexibility index (Phi) is 4.42. The van der Waals surface area contributed by atoms with Crippen molar-refractivity contribution >= 4 is 11.3 Å². The summed E-state index contributed by atoms with van der Waals surface area (Å²) in [5.74, 6) is 0.317. The molecule has 4 aromatic heterocycles. The summed E-state index contributed by atoms with van der Waals surface area (Å²) in [7, 11) is 0. The molecule has 5 heterocycles. The number of aromatic amines is 1. The second-order valence-corrected chi connectivity index (χ2v) is 7.18. The van der Waals surface area contributed by atoms with Gasteiger partial charge in [-0.1, -0.05) is 0 Å². The molecule has 0 saturated heterocycles. The topological polar surface area (TPSA) is 62.1 Å². The number of nitrogens with one attached hydrogen (secondary N) is 1. The first kappa shape index (κ1) is 19.5. The van der Waals surface area contributed by atoms with Crippen molar-refractivity contribution in [2.75, 3.05) is 11.4 Å². The average molecular weight is 434 g/mol. The van der Waals surface area contributed by atoms with E-state index in [0.29, 0.717) is 30.2 Å². The Labute approximate surface area is 172 Å². The van der Waals surface area contributed by atoms with Gasteiger partial charge in [-0.05, 0) is 30.3 Å². The molecule has 0 unspecified atom stereocenters. The molecular weight excluding hydrogens is 419 g/mol. The first-order valence-electron chi connectivity index (χ1n) is 9.41. The summed E-state index contributed by atoms with van der Waals surface area (Å²) >= 11 is 0. The van der Waals surface area contributed by atoms with Gasteiger partial charge in [-0.3, -0.25) is 0 Å². The number of halogens is 5. The summed E-state index contributed by atoms with van der Waals surface area (Å²) in [5, 5.41) is 4.47. The molecule has 1 aliphatic heterocycles. The highest BCUT2D eigenvalue weighted by atomic mass is 19.4. The highest BCUT2D eigenvalue weighted by Gasteiger charge is 2.35. The van der Waals surface area contributed by atoms with Crippen LogP contribution < -0.4 is 4.90 Å². The van der Waals surface area contributed by atoms with Crippen LogP contribution in [0.2, 0.25) is 0 Å². The van der Waals surface area contributed by atoms with Crippen molar-refractivity contribution in [2.24, 2.45) is 0 Å². The Morgan fingerprint density at radius 2 is 1.97 bits per heavy atom. The lowest BCUT2D eigenvalue weighted by Crippen LogP contribution is -2.37. The summed E-state index contributed by atoms with van der Waals surface area (Å²) in [4.78, 5) is 13.2. The van der Waals surface area contributed by atoms with Crippen LogP contribution in [0.25, 0.3) is 5.52 Å². The molecule has 0 amide bonds. The first-order valence-corrected chi connectivity index (χ1v) is 9.41. The molecular formula is C20H15F5N6. The van der Waals surface area contributed by atoms with Crippen molar-refractivity contribution in [3.05, 3.63) is 77.3 Å². The molecule has 0 aromatic carbocycles. The van der Waals surface area contributed by atoms with E-state index in [9.17, 15) is 22.0 Å². The fraction of sp³-hybridized carbons (Fsp3) is 0.250. The molecule has 4 aromatic rings. The minimum Gasteiger partial charge on any atom is -0.348 e. The summed E-state index contributed by atoms with van der Waals surface area (Å²) in [5.41, 5.74) is 1.20. The van der Waals surface area contributed by atoms with Gasteiger partial charge in [-0.15, -0.1) is 0 Å². The Hall–Kier alpha value is -3.50. The van der Waals surface area contributed by atoms with Crippen molar-refractivity contribution in [2.45, 2.75) is 25.1 Å². The molecule has 0 aliphatic carbocycles. The van der Waals surface area contributed by atoms with Crippen molar-refractivity contribution in [3.63, 3.8) is 0 Å². The van der Waals surface area contributed by atoms with Crippen molar-refractivity contribution < 1.29 is 22.0 Å². The molecule has 160 valence electrons. The fourth-order valence-corrected chi connectivity index (χ4v) is 3.92. The third kappa shape index (κ3) is 3.29. The monoisotopic (exact) mass is 434 g/mol. The molecule has 11 heteroatoms. The van der Waals surface area contributed by atoms with Gasteiger partial charge in [-0.2, -0.15) is 18.3 Å². The summed E-state index contributed by atoms with van der Waals surface area (Å²) in [6.07, 6.45) is -2.71. The number of hydrogen-bond acceptors (Lipinski definition) is 4. The zero-order valence-corrected chi connectivity index (χ0v) is 15.8. The van der Waals surface area contributed by atoms with Gasteiger partial charge in [0.25, 0.3) is 6.43 Å². The summed E-state index contributed by atoms with van der Waals surface area (Å²) in [6.45, 7) is 0.438. The van der Waals surface area contributed by atoms with E-state index >= 15 is 0 Å². The van der Waals surface area contributed by atoms with E-state index in [4.69, 9.17) is 0 Å². The molecule has 5 rings (SSSR count). The lowest BCUT2D eigenvalue weighted by Gasteiger charge is -2.35. The number of anilines is 1. The normalized spacial score (nSPS) is 16.8. The van der Waals surface area contributed by atoms with Crippen molar-refractivity contribution in [1.29, 1.82) is 0 Å². The molecule has 0 radical (unpaired) electrons. The van der Waals surface area contributed by atoms with Gasteiger partial charge in [0.15, 0.2) is 0 Å². The van der Waals surface area contributed by atoms with E-state index in [1.165, 1.54) is 29.0 Å². The van der Waals surface area contributed by atoms with Crippen LogP contribution in [-0.4, -0.2) is 31.1 Å². The highest BCUT2D eigenvalue weighted by Crippen LogP contribution is 2.37. The number of imidazole rings is 1. The Balaban J connectivity index is 1.62. The van der Waals surface area contributed by atoms with Crippen molar-refractivity contribution in [3.8, 4) is 0 Å². The largest absolute Gasteiger partial charge is 0.417 e. The van der Waals surface area contributed by atoms with Crippen LogP contribution in [0.4, 0.5) is 27.8 Å². The van der Waals surface area contributed by atoms with Crippen LogP contribution in [0, 0.1) is 0 Å². The highest BCUT2D eigenvalue weighted by molar-refractivity contribution is 5.58. The quantitative estimate of drug-likeness (QED) is 0.480. The molecule has 0 fully saturated rings. The second-order valence-electron chi connectivity index (χ2n) is 7.18. The zero-order valence-electron chi connectivity index (χ0n) is 15.8. The van der Waals surface area contributed by atoms with E-state index < -0.39 is 24.2 Å². The van der Waals surface area contributed by atoms with E-state index in [2.05, 4.69) is 20.1 Å². The predicted octanol–water partition coefficient (Wildman–Crippen LogP) is 4.56. The number of H-pyrrole nitrogens is 1. The SMILES string of the molecule is FC(F)c1cccn2nc([C@H]3c4nc[nH]c4CCN3c3ccc(C(F)(F)F)cn3)cc12. The molecule has 1 atom stereocenters. The molecule has 31 heavy (non-hydrogen) atoms. The lowest BCUT2D eigenvalue weighted by atomic mass is 9.99. The number of nitrogens with zero attached hydrogens (tertiary/aromatic N) is 5. The van der Waals surface area contributed by atoms with E-state index in [0.717, 1.165) is 18.0 Å². The van der Waals surface area contributed by atoms with Gasteiger partial charge < -0.3 is 9.88 Å². The maximum atomic E-state index is 13.4. The van der Waals surface area contributed by atoms with Gasteiger partial charge in [0, 0.05) is 36.6 Å². The average Bonchev–Trinajstić information content (AvgIpc) is 3.38. The Morgan fingerprint density at radius 3 is 2.68 bits per heavy atom. The number of pyridine rings is 2. The third-order valence-corrected chi connectivity index (χ3v) is 5.36. The van der Waals surface area contributed by atoms with E-state index in [1.54, 1.807) is 17.2 Å². The van der Waals surface area contributed by atoms with Crippen LogP contribution in [-0.2, 0) is 12.6 Å². The van der Waals surface area contributed by atoms with Gasteiger partial charge in [-0.25, -0.2) is 23.3 Å². The molecule has 6 nitrogen and oxygen atoms in total. The number of rotatable bonds is 3. The Morgan fingerprint density at radius 1 is 1.13 bits per heavy atom. The second kappa shape index (κ2) is 7.03. The van der Waals surface area contributed by atoms with E-state index in [1.807, 2.05) is 0 Å². The molecule has 1 aliphatic rings. The van der Waals surface area contributed by atoms with Crippen LogP contribution in [0.1, 0.15) is 40.7 Å². The molecule has 0 bridgehead atoms. The number of aromatic nitrogens is 5. The summed E-state index contributed by atoms with van der Waals surface area (Å²) in [6, 6.07) is 6.06. The Bertz CT molecular complexity index is 1230. The van der Waals surface area contributed by atoms with E-state index in [-0.39, 0.29) is 11.1 Å². The first-order chi connectivity index (χ1) is 14.8. The van der Waals surface area contributed by atoms with Crippen LogP contribution in [0.5, 0.6) is 0 Å². The van der Waals surface area contributed by atoms with Gasteiger partial charge in [0.05, 0.1) is 28.8 Å². The predicted molar refractivity (Wildman–Crippen MR) is 101 cm³/mol. The number of fused-ring (bicyclic) bond motifs is 2. The lowest BCUT2D eigenvalue weighted by molar-refractivity contribution is -0.137.